The van der Waals surface area contributed by atoms with Gasteiger partial charge in [0.15, 0.2) is 0 Å². The third-order valence-corrected chi connectivity index (χ3v) is 3.65. The lowest BCUT2D eigenvalue weighted by atomic mass is 10.1. The van der Waals surface area contributed by atoms with Crippen molar-refractivity contribution in [1.29, 1.82) is 0 Å². The summed E-state index contributed by atoms with van der Waals surface area (Å²) in [5.74, 6) is -0.979. The molecule has 2 aromatic rings. The van der Waals surface area contributed by atoms with Crippen molar-refractivity contribution in [2.45, 2.75) is 0 Å². The fourth-order valence-corrected chi connectivity index (χ4v) is 3.04. The molecular formula is C11H6Cl2O2S. The predicted molar refractivity (Wildman–Crippen MR) is 66.7 cm³/mol. The Morgan fingerprint density at radius 1 is 1.19 bits per heavy atom. The van der Waals surface area contributed by atoms with Gasteiger partial charge in [-0.05, 0) is 23.6 Å². The van der Waals surface area contributed by atoms with Gasteiger partial charge >= 0.3 is 5.97 Å². The lowest BCUT2D eigenvalue weighted by Gasteiger charge is -2.05. The maximum absolute atomic E-state index is 11.0. The quantitative estimate of drug-likeness (QED) is 0.879. The van der Waals surface area contributed by atoms with Crippen LogP contribution in [0.5, 0.6) is 0 Å². The van der Waals surface area contributed by atoms with Gasteiger partial charge in [0.05, 0.1) is 20.5 Å². The second-order valence-electron chi connectivity index (χ2n) is 3.07. The van der Waals surface area contributed by atoms with E-state index in [2.05, 4.69) is 0 Å². The standard InChI is InChI=1S/C11H6Cl2O2S/c12-7-2-1-3-8(13)9(7)10-6(11(14)15)4-5-16-10/h1-5H,(H,14,15). The molecular weight excluding hydrogens is 267 g/mol. The Hall–Kier alpha value is -1.03. The van der Waals surface area contributed by atoms with Gasteiger partial charge in [0.25, 0.3) is 0 Å². The van der Waals surface area contributed by atoms with Crippen molar-refractivity contribution < 1.29 is 9.90 Å². The molecule has 0 saturated heterocycles. The molecule has 2 nitrogen and oxygen atoms in total. The average Bonchev–Trinajstić information content (AvgIpc) is 2.66. The Bertz CT molecular complexity index is 528. The first kappa shape index (κ1) is 11.5. The number of rotatable bonds is 2. The van der Waals surface area contributed by atoms with Crippen molar-refractivity contribution in [1.82, 2.24) is 0 Å². The molecule has 0 fully saturated rings. The summed E-state index contributed by atoms with van der Waals surface area (Å²) < 4.78 is 0. The van der Waals surface area contributed by atoms with Crippen LogP contribution in [0.1, 0.15) is 10.4 Å². The number of carboxylic acids is 1. The summed E-state index contributed by atoms with van der Waals surface area (Å²) in [6.45, 7) is 0. The van der Waals surface area contributed by atoms with Crippen LogP contribution in [0.2, 0.25) is 10.0 Å². The smallest absolute Gasteiger partial charge is 0.337 e. The highest BCUT2D eigenvalue weighted by molar-refractivity contribution is 7.14. The summed E-state index contributed by atoms with van der Waals surface area (Å²) in [6.07, 6.45) is 0. The van der Waals surface area contributed by atoms with Crippen LogP contribution in [0.4, 0.5) is 0 Å². The van der Waals surface area contributed by atoms with Gasteiger partial charge in [0, 0.05) is 5.56 Å². The minimum atomic E-state index is -0.979. The van der Waals surface area contributed by atoms with Gasteiger partial charge in [-0.2, -0.15) is 0 Å². The first-order valence-electron chi connectivity index (χ1n) is 4.36. The molecule has 0 aliphatic carbocycles. The molecule has 0 aliphatic heterocycles. The number of carboxylic acid groups (broad SMARTS) is 1. The Kier molecular flexibility index (Phi) is 3.19. The summed E-state index contributed by atoms with van der Waals surface area (Å²) in [7, 11) is 0. The summed E-state index contributed by atoms with van der Waals surface area (Å²) in [5.41, 5.74) is 0.804. The molecule has 0 aliphatic rings. The third kappa shape index (κ3) is 1.94. The molecule has 0 spiro atoms. The topological polar surface area (TPSA) is 37.3 Å². The molecule has 1 N–H and O–H groups in total. The monoisotopic (exact) mass is 272 g/mol. The molecule has 0 atom stereocenters. The van der Waals surface area contributed by atoms with Crippen LogP contribution in [0.3, 0.4) is 0 Å². The van der Waals surface area contributed by atoms with Crippen molar-refractivity contribution in [3.05, 3.63) is 45.3 Å². The highest BCUT2D eigenvalue weighted by Crippen LogP contribution is 2.39. The minimum Gasteiger partial charge on any atom is -0.478 e. The highest BCUT2D eigenvalue weighted by Gasteiger charge is 2.17. The highest BCUT2D eigenvalue weighted by atomic mass is 35.5. The van der Waals surface area contributed by atoms with Gasteiger partial charge in [0.1, 0.15) is 0 Å². The van der Waals surface area contributed by atoms with E-state index in [1.54, 1.807) is 29.6 Å². The SMILES string of the molecule is O=C(O)c1ccsc1-c1c(Cl)cccc1Cl. The largest absolute Gasteiger partial charge is 0.478 e. The number of halogens is 2. The van der Waals surface area contributed by atoms with E-state index in [0.29, 0.717) is 20.5 Å². The van der Waals surface area contributed by atoms with Crippen LogP contribution in [-0.2, 0) is 0 Å². The normalized spacial score (nSPS) is 10.4. The first-order valence-corrected chi connectivity index (χ1v) is 6.00. The van der Waals surface area contributed by atoms with E-state index in [-0.39, 0.29) is 5.56 Å². The Morgan fingerprint density at radius 2 is 1.81 bits per heavy atom. The molecule has 1 aromatic carbocycles. The molecule has 16 heavy (non-hydrogen) atoms. The number of carbonyl (C=O) groups is 1. The molecule has 0 amide bonds. The fraction of sp³-hybridized carbons (Fsp3) is 0. The number of hydrogen-bond donors (Lipinski definition) is 1. The Balaban J connectivity index is 2.68. The summed E-state index contributed by atoms with van der Waals surface area (Å²) in [5, 5.41) is 11.6. The van der Waals surface area contributed by atoms with Crippen molar-refractivity contribution in [3.63, 3.8) is 0 Å². The van der Waals surface area contributed by atoms with Crippen molar-refractivity contribution >= 4 is 40.5 Å². The molecule has 0 radical (unpaired) electrons. The van der Waals surface area contributed by atoms with E-state index in [1.165, 1.54) is 11.3 Å². The zero-order valence-electron chi connectivity index (χ0n) is 7.91. The average molecular weight is 273 g/mol. The van der Waals surface area contributed by atoms with E-state index in [9.17, 15) is 4.79 Å². The number of hydrogen-bond acceptors (Lipinski definition) is 2. The van der Waals surface area contributed by atoms with Crippen molar-refractivity contribution in [2.75, 3.05) is 0 Å². The lowest BCUT2D eigenvalue weighted by molar-refractivity contribution is 0.0698. The van der Waals surface area contributed by atoms with Crippen molar-refractivity contribution in [3.8, 4) is 10.4 Å². The molecule has 0 bridgehead atoms. The zero-order chi connectivity index (χ0) is 11.7. The molecule has 2 rings (SSSR count). The van der Waals surface area contributed by atoms with E-state index in [0.717, 1.165) is 0 Å². The lowest BCUT2D eigenvalue weighted by Crippen LogP contribution is -1.95. The first-order chi connectivity index (χ1) is 7.61. The van der Waals surface area contributed by atoms with Gasteiger partial charge in [-0.15, -0.1) is 11.3 Å². The molecule has 0 saturated carbocycles. The molecule has 5 heteroatoms. The number of thiophene rings is 1. The second kappa shape index (κ2) is 4.45. The van der Waals surface area contributed by atoms with Crippen LogP contribution < -0.4 is 0 Å². The molecule has 1 heterocycles. The van der Waals surface area contributed by atoms with Gasteiger partial charge < -0.3 is 5.11 Å². The van der Waals surface area contributed by atoms with Crippen LogP contribution >= 0.6 is 34.5 Å². The van der Waals surface area contributed by atoms with E-state index >= 15 is 0 Å². The Labute approximate surface area is 106 Å². The minimum absolute atomic E-state index is 0.222. The number of aromatic carboxylic acids is 1. The van der Waals surface area contributed by atoms with E-state index < -0.39 is 5.97 Å². The molecule has 0 unspecified atom stereocenters. The third-order valence-electron chi connectivity index (χ3n) is 2.09. The van der Waals surface area contributed by atoms with Gasteiger partial charge in [0.2, 0.25) is 0 Å². The molecule has 82 valence electrons. The second-order valence-corrected chi connectivity index (χ2v) is 4.80. The van der Waals surface area contributed by atoms with Crippen LogP contribution in [0, 0.1) is 0 Å². The van der Waals surface area contributed by atoms with Crippen LogP contribution in [0.15, 0.2) is 29.6 Å². The van der Waals surface area contributed by atoms with Gasteiger partial charge in [-0.25, -0.2) is 4.79 Å². The zero-order valence-corrected chi connectivity index (χ0v) is 10.2. The fourth-order valence-electron chi connectivity index (χ4n) is 1.39. The van der Waals surface area contributed by atoms with Crippen molar-refractivity contribution in [2.24, 2.45) is 0 Å². The summed E-state index contributed by atoms with van der Waals surface area (Å²) >= 11 is 13.4. The van der Waals surface area contributed by atoms with Crippen LogP contribution in [-0.4, -0.2) is 11.1 Å². The maximum atomic E-state index is 11.0. The van der Waals surface area contributed by atoms with Gasteiger partial charge in [-0.1, -0.05) is 29.3 Å². The maximum Gasteiger partial charge on any atom is 0.337 e. The number of benzene rings is 1. The van der Waals surface area contributed by atoms with E-state index in [4.69, 9.17) is 28.3 Å². The van der Waals surface area contributed by atoms with Crippen LogP contribution in [0.25, 0.3) is 10.4 Å². The van der Waals surface area contributed by atoms with E-state index in [1.807, 2.05) is 0 Å². The Morgan fingerprint density at radius 3 is 2.38 bits per heavy atom. The molecule has 1 aromatic heterocycles. The summed E-state index contributed by atoms with van der Waals surface area (Å²) in [4.78, 5) is 11.6. The summed E-state index contributed by atoms with van der Waals surface area (Å²) in [6, 6.07) is 6.65. The predicted octanol–water partition coefficient (Wildman–Crippen LogP) is 4.42. The van der Waals surface area contributed by atoms with Gasteiger partial charge in [-0.3, -0.25) is 0 Å².